The van der Waals surface area contributed by atoms with Gasteiger partial charge < -0.3 is 8.98 Å². The minimum absolute atomic E-state index is 0.0788. The highest BCUT2D eigenvalue weighted by molar-refractivity contribution is 7.20. The van der Waals surface area contributed by atoms with Gasteiger partial charge in [0.05, 0.1) is 17.1 Å². The van der Waals surface area contributed by atoms with Crippen molar-refractivity contribution in [3.8, 4) is 16.8 Å². The quantitative estimate of drug-likeness (QED) is 0.116. The Bertz CT molecular complexity index is 3630. The van der Waals surface area contributed by atoms with Gasteiger partial charge >= 0.3 is 0 Å². The fraction of sp³-hybridized carbons (Fsp3) is 0.186. The van der Waals surface area contributed by atoms with Gasteiger partial charge in [0.15, 0.2) is 5.84 Å². The lowest BCUT2D eigenvalue weighted by Gasteiger charge is -2.26. The van der Waals surface area contributed by atoms with Gasteiger partial charge in [-0.05, 0) is 119 Å². The van der Waals surface area contributed by atoms with E-state index in [2.05, 4.69) is 185 Å². The first kappa shape index (κ1) is 38.8. The van der Waals surface area contributed by atoms with Crippen LogP contribution in [0.2, 0.25) is 0 Å². The van der Waals surface area contributed by atoms with E-state index >= 15 is 0 Å². The Morgan fingerprint density at radius 2 is 1.48 bits per heavy atom. The predicted octanol–water partition coefficient (Wildman–Crippen LogP) is 15.9. The second-order valence-corrected chi connectivity index (χ2v) is 19.4. The molecule has 5 heteroatoms. The zero-order valence-corrected chi connectivity index (χ0v) is 37.8. The van der Waals surface area contributed by atoms with Crippen molar-refractivity contribution in [3.63, 3.8) is 0 Å². The summed E-state index contributed by atoms with van der Waals surface area (Å²) < 4.78 is 10.2. The first-order valence-corrected chi connectivity index (χ1v) is 23.6. The largest absolute Gasteiger partial charge is 0.456 e. The van der Waals surface area contributed by atoms with Gasteiger partial charge in [-0.2, -0.15) is 0 Å². The van der Waals surface area contributed by atoms with Crippen LogP contribution in [0.4, 0.5) is 0 Å². The molecule has 0 radical (unpaired) electrons. The number of thiophene rings is 1. The number of aliphatic imine (C=N–C) groups is 2. The van der Waals surface area contributed by atoms with E-state index in [-0.39, 0.29) is 17.4 Å². The summed E-state index contributed by atoms with van der Waals surface area (Å²) in [5.74, 6) is 1.02. The van der Waals surface area contributed by atoms with Crippen LogP contribution in [0, 0.1) is 5.92 Å². The van der Waals surface area contributed by atoms with Crippen molar-refractivity contribution in [1.29, 1.82) is 0 Å². The van der Waals surface area contributed by atoms with Crippen LogP contribution in [0.1, 0.15) is 80.2 Å². The first-order chi connectivity index (χ1) is 31.3. The normalized spacial score (nSPS) is 15.8. The molecule has 7 aromatic carbocycles. The number of hydrogen-bond acceptors (Lipinski definition) is 3. The topological polar surface area (TPSA) is 42.8 Å². The van der Waals surface area contributed by atoms with E-state index in [1.165, 1.54) is 70.2 Å². The molecule has 2 atom stereocenters. The number of fused-ring (bicyclic) bond motifs is 13. The van der Waals surface area contributed by atoms with E-state index in [1.807, 2.05) is 23.5 Å². The molecule has 0 N–H and O–H groups in total. The molecule has 3 aromatic heterocycles. The average molecular weight is 848 g/mol. The summed E-state index contributed by atoms with van der Waals surface area (Å²) in [4.78, 5) is 12.8. The molecule has 0 aliphatic heterocycles. The third-order valence-corrected chi connectivity index (χ3v) is 15.5. The maximum absolute atomic E-state index is 6.37. The van der Waals surface area contributed by atoms with Crippen LogP contribution in [0.15, 0.2) is 172 Å². The zero-order chi connectivity index (χ0) is 43.3. The van der Waals surface area contributed by atoms with E-state index in [1.54, 1.807) is 0 Å². The monoisotopic (exact) mass is 847 g/mol. The molecule has 2 unspecified atom stereocenters. The minimum atomic E-state index is -0.146. The summed E-state index contributed by atoms with van der Waals surface area (Å²) in [5, 5.41) is 6.21. The fourth-order valence-corrected chi connectivity index (χ4v) is 12.2. The van der Waals surface area contributed by atoms with E-state index in [4.69, 9.17) is 14.4 Å². The third kappa shape index (κ3) is 5.94. The number of benzene rings is 7. The molecule has 0 fully saturated rings. The van der Waals surface area contributed by atoms with Crippen molar-refractivity contribution in [2.45, 2.75) is 65.3 Å². The minimum Gasteiger partial charge on any atom is -0.456 e. The van der Waals surface area contributed by atoms with Crippen molar-refractivity contribution in [2.75, 3.05) is 0 Å². The molecule has 0 amide bonds. The van der Waals surface area contributed by atoms with Gasteiger partial charge in [0.2, 0.25) is 0 Å². The number of allylic oxidation sites excluding steroid dienone is 1. The lowest BCUT2D eigenvalue weighted by Crippen LogP contribution is -2.21. The Hall–Kier alpha value is -6.82. The lowest BCUT2D eigenvalue weighted by atomic mass is 9.80. The summed E-state index contributed by atoms with van der Waals surface area (Å²) >= 11 is 1.92. The molecule has 0 spiro atoms. The number of amidine groups is 1. The van der Waals surface area contributed by atoms with Crippen LogP contribution < -0.4 is 0 Å². The Balaban J connectivity index is 1.05. The van der Waals surface area contributed by atoms with Gasteiger partial charge in [0.25, 0.3) is 0 Å². The number of nitrogens with zero attached hydrogens (tertiary/aromatic N) is 3. The Kier molecular flexibility index (Phi) is 9.03. The fourth-order valence-electron chi connectivity index (χ4n) is 10.9. The van der Waals surface area contributed by atoms with Crippen LogP contribution in [-0.2, 0) is 11.8 Å². The second kappa shape index (κ2) is 14.9. The number of aromatic nitrogens is 1. The van der Waals surface area contributed by atoms with Crippen LogP contribution in [-0.4, -0.2) is 22.2 Å². The highest BCUT2D eigenvalue weighted by Gasteiger charge is 2.38. The van der Waals surface area contributed by atoms with Crippen molar-refractivity contribution >= 4 is 82.3 Å². The molecule has 312 valence electrons. The van der Waals surface area contributed by atoms with Gasteiger partial charge in [-0.15, -0.1) is 11.3 Å². The van der Waals surface area contributed by atoms with Crippen molar-refractivity contribution in [1.82, 2.24) is 4.57 Å². The van der Waals surface area contributed by atoms with E-state index < -0.39 is 0 Å². The summed E-state index contributed by atoms with van der Waals surface area (Å²) in [6.45, 7) is 11.5. The molecule has 0 bridgehead atoms. The van der Waals surface area contributed by atoms with Crippen LogP contribution in [0.3, 0.4) is 0 Å². The van der Waals surface area contributed by atoms with E-state index in [0.717, 1.165) is 69.6 Å². The summed E-state index contributed by atoms with van der Waals surface area (Å²) in [6.07, 6.45) is 5.53. The van der Waals surface area contributed by atoms with Gasteiger partial charge in [-0.25, -0.2) is 4.99 Å². The Morgan fingerprint density at radius 3 is 2.36 bits per heavy atom. The van der Waals surface area contributed by atoms with Crippen LogP contribution >= 0.6 is 11.3 Å². The predicted molar refractivity (Wildman–Crippen MR) is 272 cm³/mol. The number of furan rings is 1. The Morgan fingerprint density at radius 1 is 0.719 bits per heavy atom. The van der Waals surface area contributed by atoms with Crippen molar-refractivity contribution in [3.05, 3.63) is 190 Å². The van der Waals surface area contributed by atoms with E-state index in [0.29, 0.717) is 0 Å². The van der Waals surface area contributed by atoms with Gasteiger partial charge in [0.1, 0.15) is 11.2 Å². The highest BCUT2D eigenvalue weighted by Crippen LogP contribution is 2.53. The molecule has 2 aliphatic carbocycles. The van der Waals surface area contributed by atoms with Gasteiger partial charge in [0, 0.05) is 53.5 Å². The maximum atomic E-state index is 6.37. The highest BCUT2D eigenvalue weighted by atomic mass is 32.1. The summed E-state index contributed by atoms with van der Waals surface area (Å²) in [6, 6.07) is 55.0. The number of aryl methyl sites for hydroxylation is 1. The second-order valence-electron chi connectivity index (χ2n) is 18.3. The third-order valence-electron chi connectivity index (χ3n) is 14.3. The van der Waals surface area contributed by atoms with Crippen molar-refractivity contribution in [2.24, 2.45) is 15.9 Å². The van der Waals surface area contributed by atoms with Crippen molar-refractivity contribution < 1.29 is 4.42 Å². The molecule has 4 nitrogen and oxygen atoms in total. The smallest absolute Gasteiger partial charge is 0.155 e. The zero-order valence-electron chi connectivity index (χ0n) is 36.9. The summed E-state index contributed by atoms with van der Waals surface area (Å²) in [7, 11) is 0. The molecule has 12 rings (SSSR count). The van der Waals surface area contributed by atoms with Crippen LogP contribution in [0.25, 0.3) is 76.2 Å². The molecule has 10 aromatic rings. The molecule has 0 saturated carbocycles. The van der Waals surface area contributed by atoms with Gasteiger partial charge in [-0.3, -0.25) is 4.99 Å². The standard InChI is InChI=1S/C59H49N3OS/c1-6-35(2)56(47-24-16-23-45-43-21-10-14-28-53(43)64-57(45)47)61-58(60-36(3)37-29-30-42-41-20-9-13-27-51(41)63-52(42)34-37)38-17-15-18-39(33-38)62-49-26-12-8-22-46(49)54-50(62)32-31-44-40-19-7-11-25-48(40)59(4,5)55(44)54/h7-15,17-22,24-35,56H,6,16,23H2,1-5H3. The molecule has 3 heterocycles. The number of rotatable bonds is 7. The lowest BCUT2D eigenvalue weighted by molar-refractivity contribution is 0.513. The SMILES string of the molecule is CCC(C)C(N=C(N=C(C)c1ccc2c(c1)oc1ccccc12)c1cccc(-n2c3ccccc3c3c4c(ccc32)-c2ccccc2C4(C)C)c1)C1=CCCc2c1sc1ccccc21. The summed E-state index contributed by atoms with van der Waals surface area (Å²) in [5.41, 5.74) is 16.2. The molecular formula is C59H49N3OS. The number of para-hydroxylation sites is 2. The Labute approximate surface area is 377 Å². The molecule has 64 heavy (non-hydrogen) atoms. The first-order valence-electron chi connectivity index (χ1n) is 22.8. The molecule has 2 aliphatic rings. The number of hydrogen-bond donors (Lipinski definition) is 0. The maximum Gasteiger partial charge on any atom is 0.155 e. The van der Waals surface area contributed by atoms with E-state index in [9.17, 15) is 0 Å². The van der Waals surface area contributed by atoms with Gasteiger partial charge in [-0.1, -0.05) is 143 Å². The molecular weight excluding hydrogens is 799 g/mol. The average Bonchev–Trinajstić information content (AvgIpc) is 4.06. The van der Waals surface area contributed by atoms with Crippen LogP contribution in [0.5, 0.6) is 0 Å². The molecule has 0 saturated heterocycles.